The summed E-state index contributed by atoms with van der Waals surface area (Å²) in [7, 11) is 0. The van der Waals surface area contributed by atoms with Crippen LogP contribution in [0.25, 0.3) is 0 Å². The summed E-state index contributed by atoms with van der Waals surface area (Å²) >= 11 is 5.51. The third-order valence-corrected chi connectivity index (χ3v) is 4.76. The number of alkyl halides is 3. The number of carbonyl (C=O) groups excluding carboxylic acids is 2. The highest BCUT2D eigenvalue weighted by atomic mass is 35.5. The zero-order valence-corrected chi connectivity index (χ0v) is 15.4. The molecule has 27 heavy (non-hydrogen) atoms. The van der Waals surface area contributed by atoms with Gasteiger partial charge in [-0.1, -0.05) is 31.4 Å². The SMILES string of the molecule is C[C@H]1CCCC[C@H]1NC(=O)COC(=O)Cn1cc(C(F)(F)F)cc(Cl)c1=O. The summed E-state index contributed by atoms with van der Waals surface area (Å²) < 4.78 is 43.6. The molecule has 0 saturated heterocycles. The van der Waals surface area contributed by atoms with Crippen molar-refractivity contribution in [2.45, 2.75) is 51.4 Å². The zero-order chi connectivity index (χ0) is 20.2. The largest absolute Gasteiger partial charge is 0.454 e. The van der Waals surface area contributed by atoms with E-state index >= 15 is 0 Å². The van der Waals surface area contributed by atoms with Crippen molar-refractivity contribution in [2.75, 3.05) is 6.61 Å². The molecule has 1 aromatic rings. The molecule has 0 spiro atoms. The van der Waals surface area contributed by atoms with E-state index in [0.717, 1.165) is 25.7 Å². The molecule has 2 atom stereocenters. The molecule has 10 heteroatoms. The Morgan fingerprint density at radius 2 is 2.00 bits per heavy atom. The van der Waals surface area contributed by atoms with E-state index < -0.39 is 47.3 Å². The fraction of sp³-hybridized carbons (Fsp3) is 0.588. The Bertz CT molecular complexity index is 764. The molecule has 0 aliphatic heterocycles. The number of pyridine rings is 1. The Labute approximate surface area is 158 Å². The van der Waals surface area contributed by atoms with Gasteiger partial charge < -0.3 is 14.6 Å². The molecule has 1 aliphatic rings. The quantitative estimate of drug-likeness (QED) is 0.760. The van der Waals surface area contributed by atoms with Gasteiger partial charge >= 0.3 is 12.1 Å². The molecule has 0 unspecified atom stereocenters. The van der Waals surface area contributed by atoms with Gasteiger partial charge in [-0.2, -0.15) is 13.2 Å². The van der Waals surface area contributed by atoms with E-state index in [4.69, 9.17) is 16.3 Å². The average molecular weight is 409 g/mol. The molecule has 1 aliphatic carbocycles. The van der Waals surface area contributed by atoms with Gasteiger partial charge in [-0.15, -0.1) is 0 Å². The molecule has 6 nitrogen and oxygen atoms in total. The zero-order valence-electron chi connectivity index (χ0n) is 14.6. The lowest BCUT2D eigenvalue weighted by atomic mass is 9.86. The second-order valence-corrected chi connectivity index (χ2v) is 7.01. The maximum atomic E-state index is 12.8. The Morgan fingerprint density at radius 1 is 1.33 bits per heavy atom. The van der Waals surface area contributed by atoms with E-state index in [0.29, 0.717) is 22.7 Å². The first kappa shape index (κ1) is 21.3. The van der Waals surface area contributed by atoms with E-state index in [1.54, 1.807) is 0 Å². The van der Waals surface area contributed by atoms with E-state index in [9.17, 15) is 27.6 Å². The summed E-state index contributed by atoms with van der Waals surface area (Å²) in [6, 6.07) is 0.500. The summed E-state index contributed by atoms with van der Waals surface area (Å²) in [6.07, 6.45) is -0.271. The van der Waals surface area contributed by atoms with Crippen LogP contribution in [0.2, 0.25) is 5.02 Å². The highest BCUT2D eigenvalue weighted by Gasteiger charge is 2.32. The first-order valence-electron chi connectivity index (χ1n) is 8.50. The third kappa shape index (κ3) is 5.98. The van der Waals surface area contributed by atoms with Crippen molar-refractivity contribution >= 4 is 23.5 Å². The number of esters is 1. The number of hydrogen-bond acceptors (Lipinski definition) is 4. The van der Waals surface area contributed by atoms with Crippen LogP contribution in [0, 0.1) is 5.92 Å². The molecule has 1 amide bonds. The van der Waals surface area contributed by atoms with Crippen molar-refractivity contribution in [3.63, 3.8) is 0 Å². The maximum absolute atomic E-state index is 12.8. The smallest absolute Gasteiger partial charge is 0.417 e. The monoisotopic (exact) mass is 408 g/mol. The van der Waals surface area contributed by atoms with Crippen LogP contribution in [-0.2, 0) is 27.0 Å². The molecule has 2 rings (SSSR count). The maximum Gasteiger partial charge on any atom is 0.417 e. The minimum absolute atomic E-state index is 0.00912. The summed E-state index contributed by atoms with van der Waals surface area (Å²) in [6.45, 7) is 0.680. The van der Waals surface area contributed by atoms with Crippen LogP contribution in [0.4, 0.5) is 13.2 Å². The average Bonchev–Trinajstić information content (AvgIpc) is 2.58. The minimum Gasteiger partial charge on any atom is -0.454 e. The number of ether oxygens (including phenoxy) is 1. The van der Waals surface area contributed by atoms with Crippen LogP contribution in [0.5, 0.6) is 0 Å². The van der Waals surface area contributed by atoms with Gasteiger partial charge in [-0.25, -0.2) is 0 Å². The van der Waals surface area contributed by atoms with Crippen LogP contribution >= 0.6 is 11.6 Å². The van der Waals surface area contributed by atoms with Gasteiger partial charge in [-0.3, -0.25) is 14.4 Å². The molecule has 1 fully saturated rings. The first-order valence-corrected chi connectivity index (χ1v) is 8.88. The number of amides is 1. The Kier molecular flexibility index (Phi) is 6.91. The van der Waals surface area contributed by atoms with Crippen molar-refractivity contribution in [2.24, 2.45) is 5.92 Å². The van der Waals surface area contributed by atoms with Crippen molar-refractivity contribution in [3.05, 3.63) is 33.2 Å². The number of aromatic nitrogens is 1. The standard InChI is InChI=1S/C17H20ClF3N2O4/c1-10-4-2-3-5-13(10)22-14(24)9-27-15(25)8-23-7-11(17(19,20)21)6-12(18)16(23)26/h6-7,10,13H,2-5,8-9H2,1H3,(H,22,24)/t10-,13+/m0/s1. The molecule has 1 N–H and O–H groups in total. The minimum atomic E-state index is -4.72. The Morgan fingerprint density at radius 3 is 2.63 bits per heavy atom. The third-order valence-electron chi connectivity index (χ3n) is 4.49. The number of nitrogens with zero attached hydrogens (tertiary/aromatic N) is 1. The molecule has 0 bridgehead atoms. The second-order valence-electron chi connectivity index (χ2n) is 6.60. The molecule has 150 valence electrons. The second kappa shape index (κ2) is 8.77. The number of halogens is 4. The van der Waals surface area contributed by atoms with Crippen molar-refractivity contribution in [3.8, 4) is 0 Å². The molecular weight excluding hydrogens is 389 g/mol. The fourth-order valence-corrected chi connectivity index (χ4v) is 3.21. The van der Waals surface area contributed by atoms with Crippen LogP contribution < -0.4 is 10.9 Å². The van der Waals surface area contributed by atoms with E-state index in [1.165, 1.54) is 0 Å². The van der Waals surface area contributed by atoms with Gasteiger partial charge in [-0.05, 0) is 24.8 Å². The number of hydrogen-bond donors (Lipinski definition) is 1. The van der Waals surface area contributed by atoms with Crippen LogP contribution in [0.3, 0.4) is 0 Å². The van der Waals surface area contributed by atoms with E-state index in [1.807, 2.05) is 6.92 Å². The van der Waals surface area contributed by atoms with Crippen molar-refractivity contribution in [1.82, 2.24) is 9.88 Å². The fourth-order valence-electron chi connectivity index (χ4n) is 2.98. The number of nitrogens with one attached hydrogen (secondary N) is 1. The van der Waals surface area contributed by atoms with Crippen LogP contribution in [0.15, 0.2) is 17.1 Å². The van der Waals surface area contributed by atoms with Crippen LogP contribution in [-0.4, -0.2) is 29.1 Å². The normalized spacial score (nSPS) is 20.2. The summed E-state index contributed by atoms with van der Waals surface area (Å²) in [5.74, 6) is -1.18. The van der Waals surface area contributed by atoms with E-state index in [-0.39, 0.29) is 6.04 Å². The van der Waals surface area contributed by atoms with Gasteiger partial charge in [0, 0.05) is 12.2 Å². The highest BCUT2D eigenvalue weighted by molar-refractivity contribution is 6.30. The topological polar surface area (TPSA) is 77.4 Å². The summed E-state index contributed by atoms with van der Waals surface area (Å²) in [4.78, 5) is 35.5. The van der Waals surface area contributed by atoms with Gasteiger partial charge in [0.05, 0.1) is 5.56 Å². The lowest BCUT2D eigenvalue weighted by Gasteiger charge is -2.29. The molecule has 1 heterocycles. The number of carbonyl (C=O) groups is 2. The van der Waals surface area contributed by atoms with Gasteiger partial charge in [0.25, 0.3) is 11.5 Å². The highest BCUT2D eigenvalue weighted by Crippen LogP contribution is 2.29. The molecule has 0 radical (unpaired) electrons. The van der Waals surface area contributed by atoms with Gasteiger partial charge in [0.2, 0.25) is 0 Å². The Balaban J connectivity index is 1.93. The molecule has 0 aromatic carbocycles. The molecule has 1 saturated carbocycles. The molecular formula is C17H20ClF3N2O4. The summed E-state index contributed by atoms with van der Waals surface area (Å²) in [5.41, 5.74) is -2.12. The van der Waals surface area contributed by atoms with E-state index in [2.05, 4.69) is 5.32 Å². The van der Waals surface area contributed by atoms with Crippen molar-refractivity contribution in [1.29, 1.82) is 0 Å². The van der Waals surface area contributed by atoms with Gasteiger partial charge in [0.15, 0.2) is 6.61 Å². The Hall–Kier alpha value is -2.03. The van der Waals surface area contributed by atoms with Gasteiger partial charge in [0.1, 0.15) is 11.6 Å². The number of rotatable bonds is 5. The van der Waals surface area contributed by atoms with Crippen molar-refractivity contribution < 1.29 is 27.5 Å². The molecule has 1 aromatic heterocycles. The first-order chi connectivity index (χ1) is 12.6. The predicted octanol–water partition coefficient (Wildman–Crippen LogP) is 2.76. The van der Waals surface area contributed by atoms with Crippen LogP contribution in [0.1, 0.15) is 38.2 Å². The summed E-state index contributed by atoms with van der Waals surface area (Å²) in [5, 5.41) is 2.12. The lowest BCUT2D eigenvalue weighted by Crippen LogP contribution is -2.43. The predicted molar refractivity (Wildman–Crippen MR) is 91.2 cm³/mol. The lowest BCUT2D eigenvalue weighted by molar-refractivity contribution is -0.149.